The second-order valence-electron chi connectivity index (χ2n) is 7.97. The number of benzene rings is 4. The van der Waals surface area contributed by atoms with Gasteiger partial charge in [-0.25, -0.2) is 0 Å². The summed E-state index contributed by atoms with van der Waals surface area (Å²) in [6, 6.07) is 32.0. The van der Waals surface area contributed by atoms with Gasteiger partial charge in [0.2, 0.25) is 0 Å². The van der Waals surface area contributed by atoms with Gasteiger partial charge in [-0.15, -0.1) is 0 Å². The number of carbonyl (C=O) groups is 1. The Bertz CT molecular complexity index is 1210. The van der Waals surface area contributed by atoms with Crippen LogP contribution in [0.3, 0.4) is 0 Å². The number of nitrogens with two attached hydrogens (primary N) is 2. The van der Waals surface area contributed by atoms with E-state index in [1.807, 2.05) is 78.9 Å². The zero-order valence-corrected chi connectivity index (χ0v) is 19.3. The van der Waals surface area contributed by atoms with Gasteiger partial charge < -0.3 is 25.7 Å². The zero-order chi connectivity index (χ0) is 24.5. The normalized spacial score (nSPS) is 10.7. The van der Waals surface area contributed by atoms with Crippen LogP contribution >= 0.6 is 0 Å². The summed E-state index contributed by atoms with van der Waals surface area (Å²) in [6.45, 7) is 0.623. The molecule has 0 amide bonds. The predicted molar refractivity (Wildman–Crippen MR) is 137 cm³/mol. The van der Waals surface area contributed by atoms with Crippen molar-refractivity contribution < 1.29 is 19.0 Å². The number of nitrogen functional groups attached to an aromatic ring is 2. The molecule has 0 fully saturated rings. The number of para-hydroxylation sites is 2. The van der Waals surface area contributed by atoms with Crippen molar-refractivity contribution in [1.29, 1.82) is 0 Å². The number of hydrogen-bond donors (Lipinski definition) is 2. The van der Waals surface area contributed by atoms with Gasteiger partial charge in [0.05, 0.1) is 17.8 Å². The van der Waals surface area contributed by atoms with Crippen LogP contribution in [0.4, 0.5) is 11.4 Å². The fourth-order valence-electron chi connectivity index (χ4n) is 3.68. The second-order valence-corrected chi connectivity index (χ2v) is 7.97. The third-order valence-electron chi connectivity index (χ3n) is 5.39. The maximum absolute atomic E-state index is 12.8. The molecule has 6 nitrogen and oxygen atoms in total. The zero-order valence-electron chi connectivity index (χ0n) is 19.3. The van der Waals surface area contributed by atoms with Crippen molar-refractivity contribution in [2.45, 2.75) is 12.5 Å². The molecule has 6 heteroatoms. The molecule has 4 rings (SSSR count). The fourth-order valence-corrected chi connectivity index (χ4v) is 3.68. The summed E-state index contributed by atoms with van der Waals surface area (Å²) in [5.41, 5.74) is 15.6. The molecule has 0 spiro atoms. The van der Waals surface area contributed by atoms with Crippen LogP contribution in [0.1, 0.15) is 22.8 Å². The quantitative estimate of drug-likeness (QED) is 0.189. The summed E-state index contributed by atoms with van der Waals surface area (Å²) < 4.78 is 17.3. The van der Waals surface area contributed by atoms with E-state index in [4.69, 9.17) is 25.7 Å². The molecule has 35 heavy (non-hydrogen) atoms. The summed E-state index contributed by atoms with van der Waals surface area (Å²) in [5, 5.41) is 0. The molecule has 0 atom stereocenters. The first-order valence-corrected chi connectivity index (χ1v) is 11.4. The van der Waals surface area contributed by atoms with E-state index >= 15 is 0 Å². The van der Waals surface area contributed by atoms with E-state index in [1.54, 1.807) is 24.3 Å². The Hall–Kier alpha value is -4.45. The topological polar surface area (TPSA) is 96.8 Å². The number of carbonyl (C=O) groups excluding carboxylic acids is 1. The van der Waals surface area contributed by atoms with Crippen LogP contribution in [0.2, 0.25) is 0 Å². The molecule has 0 aliphatic carbocycles. The smallest absolute Gasteiger partial charge is 0.311 e. The Labute approximate surface area is 205 Å². The molecule has 0 aliphatic rings. The van der Waals surface area contributed by atoms with E-state index in [2.05, 4.69) is 0 Å². The third kappa shape index (κ3) is 6.54. The minimum absolute atomic E-state index is 0.0943. The van der Waals surface area contributed by atoms with Crippen LogP contribution in [0.15, 0.2) is 103 Å². The summed E-state index contributed by atoms with van der Waals surface area (Å²) in [4.78, 5) is 12.8. The van der Waals surface area contributed by atoms with Crippen molar-refractivity contribution in [2.24, 2.45) is 0 Å². The molecule has 4 aromatic rings. The van der Waals surface area contributed by atoms with E-state index < -0.39 is 6.10 Å². The molecule has 4 aromatic carbocycles. The van der Waals surface area contributed by atoms with Crippen LogP contribution in [-0.2, 0) is 16.0 Å². The van der Waals surface area contributed by atoms with Gasteiger partial charge in [0, 0.05) is 0 Å². The lowest BCUT2D eigenvalue weighted by molar-refractivity contribution is -0.146. The van der Waals surface area contributed by atoms with E-state index in [1.165, 1.54) is 0 Å². The highest BCUT2D eigenvalue weighted by Crippen LogP contribution is 2.28. The van der Waals surface area contributed by atoms with Crippen LogP contribution < -0.4 is 20.9 Å². The first-order chi connectivity index (χ1) is 17.1. The number of esters is 1. The molecule has 0 bridgehead atoms. The lowest BCUT2D eigenvalue weighted by atomic mass is 10.0. The Morgan fingerprint density at radius 2 is 1.20 bits per heavy atom. The van der Waals surface area contributed by atoms with E-state index in [0.29, 0.717) is 36.1 Å². The Morgan fingerprint density at radius 3 is 1.77 bits per heavy atom. The van der Waals surface area contributed by atoms with Gasteiger partial charge in [-0.3, -0.25) is 4.79 Å². The average molecular weight is 469 g/mol. The molecule has 0 radical (unpaired) electrons. The SMILES string of the molecule is Nc1ccccc1OCCOc1ccc(CC(=O)OC(c2ccccc2)c2ccccc2)cc1N. The standard InChI is InChI=1S/C29H28N2O4/c30-24-13-7-8-14-26(24)33-17-18-34-27-16-15-21(19-25(27)31)20-28(32)35-29(22-9-3-1-4-10-22)23-11-5-2-6-12-23/h1-16,19,29H,17-18,20,30-31H2. The summed E-state index contributed by atoms with van der Waals surface area (Å²) in [6.07, 6.45) is -0.389. The molecule has 0 aromatic heterocycles. The van der Waals surface area contributed by atoms with E-state index in [9.17, 15) is 4.79 Å². The van der Waals surface area contributed by atoms with Crippen LogP contribution in [-0.4, -0.2) is 19.2 Å². The van der Waals surface area contributed by atoms with Gasteiger partial charge in [0.25, 0.3) is 0 Å². The Morgan fingerprint density at radius 1 is 0.657 bits per heavy atom. The van der Waals surface area contributed by atoms with E-state index in [0.717, 1.165) is 16.7 Å². The van der Waals surface area contributed by atoms with Crippen molar-refractivity contribution in [1.82, 2.24) is 0 Å². The van der Waals surface area contributed by atoms with E-state index in [-0.39, 0.29) is 12.4 Å². The van der Waals surface area contributed by atoms with Gasteiger partial charge in [-0.05, 0) is 41.0 Å². The van der Waals surface area contributed by atoms with Crippen molar-refractivity contribution in [3.05, 3.63) is 120 Å². The van der Waals surface area contributed by atoms with Gasteiger partial charge in [0.1, 0.15) is 24.7 Å². The van der Waals surface area contributed by atoms with Gasteiger partial charge in [-0.2, -0.15) is 0 Å². The molecule has 0 saturated heterocycles. The highest BCUT2D eigenvalue weighted by atomic mass is 16.5. The maximum Gasteiger partial charge on any atom is 0.311 e. The van der Waals surface area contributed by atoms with Gasteiger partial charge >= 0.3 is 5.97 Å². The molecular formula is C29H28N2O4. The summed E-state index contributed by atoms with van der Waals surface area (Å²) >= 11 is 0. The van der Waals surface area contributed by atoms with Crippen molar-refractivity contribution in [3.8, 4) is 11.5 Å². The van der Waals surface area contributed by atoms with Crippen LogP contribution in [0, 0.1) is 0 Å². The third-order valence-corrected chi connectivity index (χ3v) is 5.39. The molecule has 0 aliphatic heterocycles. The monoisotopic (exact) mass is 468 g/mol. The lowest BCUT2D eigenvalue weighted by Crippen LogP contribution is -2.15. The summed E-state index contributed by atoms with van der Waals surface area (Å²) in [7, 11) is 0. The minimum Gasteiger partial charge on any atom is -0.488 e. The van der Waals surface area contributed by atoms with Crippen LogP contribution in [0.5, 0.6) is 11.5 Å². The molecule has 0 heterocycles. The van der Waals surface area contributed by atoms with Crippen LogP contribution in [0.25, 0.3) is 0 Å². The largest absolute Gasteiger partial charge is 0.488 e. The van der Waals surface area contributed by atoms with Gasteiger partial charge in [0.15, 0.2) is 6.10 Å². The molecule has 0 unspecified atom stereocenters. The number of hydrogen-bond acceptors (Lipinski definition) is 6. The fraction of sp³-hybridized carbons (Fsp3) is 0.138. The molecule has 178 valence electrons. The second kappa shape index (κ2) is 11.6. The first-order valence-electron chi connectivity index (χ1n) is 11.4. The number of anilines is 2. The Kier molecular flexibility index (Phi) is 7.86. The molecule has 0 saturated carbocycles. The van der Waals surface area contributed by atoms with Crippen molar-refractivity contribution >= 4 is 17.3 Å². The van der Waals surface area contributed by atoms with Gasteiger partial charge in [-0.1, -0.05) is 78.9 Å². The average Bonchev–Trinajstić information content (AvgIpc) is 2.88. The Balaban J connectivity index is 1.34. The molecule has 4 N–H and O–H groups in total. The highest BCUT2D eigenvalue weighted by Gasteiger charge is 2.19. The number of rotatable bonds is 10. The lowest BCUT2D eigenvalue weighted by Gasteiger charge is -2.19. The minimum atomic E-state index is -0.483. The first kappa shape index (κ1) is 23.7. The predicted octanol–water partition coefficient (Wildman–Crippen LogP) is 5.18. The summed E-state index contributed by atoms with van der Waals surface area (Å²) in [5.74, 6) is 0.796. The van der Waals surface area contributed by atoms with Crippen molar-refractivity contribution in [3.63, 3.8) is 0 Å². The maximum atomic E-state index is 12.8. The molecular weight excluding hydrogens is 440 g/mol. The van der Waals surface area contributed by atoms with Crippen molar-refractivity contribution in [2.75, 3.05) is 24.7 Å². The highest BCUT2D eigenvalue weighted by molar-refractivity contribution is 5.74. The number of ether oxygens (including phenoxy) is 3.